The van der Waals surface area contributed by atoms with Crippen molar-refractivity contribution in [1.82, 2.24) is 0 Å². The Labute approximate surface area is 171 Å². The van der Waals surface area contributed by atoms with Gasteiger partial charge in [-0.2, -0.15) is 13.2 Å². The average Bonchev–Trinajstić information content (AvgIpc) is 3.14. The lowest BCUT2D eigenvalue weighted by molar-refractivity contribution is -0.141. The molecule has 0 saturated carbocycles. The highest BCUT2D eigenvalue weighted by Crippen LogP contribution is 2.26. The minimum Gasteiger partial charge on any atom is -0.465 e. The van der Waals surface area contributed by atoms with E-state index in [9.17, 15) is 26.4 Å². The van der Waals surface area contributed by atoms with Crippen molar-refractivity contribution in [3.63, 3.8) is 0 Å². The molecule has 0 bridgehead atoms. The van der Waals surface area contributed by atoms with Gasteiger partial charge in [-0.05, 0) is 37.3 Å². The molecular formula is C19H19F3N2O5S. The molecule has 0 fully saturated rings. The summed E-state index contributed by atoms with van der Waals surface area (Å²) in [5.74, 6) is -0.633. The molecule has 0 spiro atoms. The van der Waals surface area contributed by atoms with Crippen molar-refractivity contribution in [2.24, 2.45) is 10.7 Å². The molecule has 0 atom stereocenters. The number of furan rings is 1. The minimum atomic E-state index is -4.80. The first-order chi connectivity index (χ1) is 13.9. The van der Waals surface area contributed by atoms with Crippen LogP contribution in [0.1, 0.15) is 12.7 Å². The zero-order chi connectivity index (χ0) is 22.5. The average molecular weight is 444 g/mol. The number of ether oxygens (including phenoxy) is 1. The summed E-state index contributed by atoms with van der Waals surface area (Å²) in [5.41, 5.74) is 3.72. The summed E-state index contributed by atoms with van der Waals surface area (Å²) in [5, 5.41) is 0. The molecule has 11 heteroatoms. The number of allylic oxidation sites excluding steroid dienone is 2. The predicted octanol–water partition coefficient (Wildman–Crippen LogP) is 3.11. The Morgan fingerprint density at radius 3 is 2.57 bits per heavy atom. The van der Waals surface area contributed by atoms with Crippen molar-refractivity contribution >= 4 is 21.5 Å². The van der Waals surface area contributed by atoms with E-state index in [1.807, 2.05) is 0 Å². The number of nitrogens with two attached hydrogens (primary N) is 1. The van der Waals surface area contributed by atoms with Crippen molar-refractivity contribution in [3.05, 3.63) is 53.9 Å². The number of hydrogen-bond acceptors (Lipinski definition) is 7. The summed E-state index contributed by atoms with van der Waals surface area (Å²) >= 11 is 0. The van der Waals surface area contributed by atoms with Crippen molar-refractivity contribution in [1.29, 1.82) is 0 Å². The van der Waals surface area contributed by atoms with Crippen LogP contribution in [0.2, 0.25) is 0 Å². The van der Waals surface area contributed by atoms with Gasteiger partial charge >= 0.3 is 12.1 Å². The second-order valence-corrected chi connectivity index (χ2v) is 8.08. The van der Waals surface area contributed by atoms with Gasteiger partial charge in [0.1, 0.15) is 23.7 Å². The Kier molecular flexibility index (Phi) is 7.08. The summed E-state index contributed by atoms with van der Waals surface area (Å²) in [6, 6.07) is 8.63. The molecule has 0 unspecified atom stereocenters. The molecule has 0 amide bonds. The molecule has 0 aliphatic carbocycles. The standard InChI is InChI=1S/C19H19F3N2O5S/c1-3-28-18(25)11-24-14(10-17(23)19(20,21)22)16-8-7-15(29-16)12-5-4-6-13(9-12)30(2,26)27/h4-10H,3,11,23H2,1-2H3/b17-10-,24-14?. The number of carbonyl (C=O) groups is 1. The van der Waals surface area contributed by atoms with Crippen molar-refractivity contribution in [2.45, 2.75) is 18.0 Å². The molecule has 2 rings (SSSR count). The number of esters is 1. The monoisotopic (exact) mass is 444 g/mol. The van der Waals surface area contributed by atoms with E-state index in [0.717, 1.165) is 6.26 Å². The van der Waals surface area contributed by atoms with Crippen LogP contribution >= 0.6 is 0 Å². The highest BCUT2D eigenvalue weighted by atomic mass is 32.2. The van der Waals surface area contributed by atoms with E-state index in [4.69, 9.17) is 14.9 Å². The van der Waals surface area contributed by atoms with Crippen LogP contribution in [-0.4, -0.2) is 45.7 Å². The predicted molar refractivity (Wildman–Crippen MR) is 104 cm³/mol. The fourth-order valence-corrected chi connectivity index (χ4v) is 2.96. The lowest BCUT2D eigenvalue weighted by Crippen LogP contribution is -2.21. The molecule has 0 radical (unpaired) electrons. The van der Waals surface area contributed by atoms with Crippen LogP contribution in [0.5, 0.6) is 0 Å². The number of carbonyl (C=O) groups excluding carboxylic acids is 1. The van der Waals surface area contributed by atoms with Gasteiger partial charge in [-0.15, -0.1) is 0 Å². The second-order valence-electron chi connectivity index (χ2n) is 6.07. The zero-order valence-corrected chi connectivity index (χ0v) is 16.9. The molecule has 0 saturated heterocycles. The maximum Gasteiger partial charge on any atom is 0.430 e. The lowest BCUT2D eigenvalue weighted by atomic mass is 10.2. The molecule has 0 aliphatic heterocycles. The zero-order valence-electron chi connectivity index (χ0n) is 16.1. The summed E-state index contributed by atoms with van der Waals surface area (Å²) in [6.45, 7) is 1.13. The van der Waals surface area contributed by atoms with Gasteiger partial charge < -0.3 is 14.9 Å². The fourth-order valence-electron chi connectivity index (χ4n) is 2.29. The third-order valence-electron chi connectivity index (χ3n) is 3.71. The van der Waals surface area contributed by atoms with Crippen LogP contribution in [0, 0.1) is 0 Å². The van der Waals surface area contributed by atoms with Crippen LogP contribution in [0.3, 0.4) is 0 Å². The molecule has 0 aliphatic rings. The number of sulfone groups is 1. The molecule has 7 nitrogen and oxygen atoms in total. The van der Waals surface area contributed by atoms with Crippen LogP contribution in [-0.2, 0) is 19.4 Å². The quantitative estimate of drug-likeness (QED) is 0.519. The van der Waals surface area contributed by atoms with E-state index in [2.05, 4.69) is 4.99 Å². The summed E-state index contributed by atoms with van der Waals surface area (Å²) in [7, 11) is -3.47. The molecule has 2 N–H and O–H groups in total. The van der Waals surface area contributed by atoms with Gasteiger partial charge in [-0.25, -0.2) is 8.42 Å². The Balaban J connectivity index is 2.45. The second kappa shape index (κ2) is 9.16. The van der Waals surface area contributed by atoms with Gasteiger partial charge in [-0.1, -0.05) is 12.1 Å². The first kappa shape index (κ1) is 23.2. The molecular weight excluding hydrogens is 425 g/mol. The smallest absolute Gasteiger partial charge is 0.430 e. The Morgan fingerprint density at radius 2 is 1.97 bits per heavy atom. The van der Waals surface area contributed by atoms with E-state index in [0.29, 0.717) is 11.6 Å². The number of halogens is 3. The highest BCUT2D eigenvalue weighted by molar-refractivity contribution is 7.90. The number of rotatable bonds is 7. The number of benzene rings is 1. The normalized spacial score (nSPS) is 13.4. The number of nitrogens with zero attached hydrogens (tertiary/aromatic N) is 1. The van der Waals surface area contributed by atoms with E-state index in [1.165, 1.54) is 30.3 Å². The van der Waals surface area contributed by atoms with E-state index < -0.39 is 34.2 Å². The van der Waals surface area contributed by atoms with E-state index >= 15 is 0 Å². The summed E-state index contributed by atoms with van der Waals surface area (Å²) in [4.78, 5) is 15.4. The molecule has 162 valence electrons. The van der Waals surface area contributed by atoms with Crippen LogP contribution < -0.4 is 5.73 Å². The van der Waals surface area contributed by atoms with Crippen molar-refractivity contribution < 1.29 is 35.5 Å². The van der Waals surface area contributed by atoms with Gasteiger partial charge in [0.15, 0.2) is 15.6 Å². The first-order valence-electron chi connectivity index (χ1n) is 8.57. The fraction of sp³-hybridized carbons (Fsp3) is 0.263. The van der Waals surface area contributed by atoms with Crippen LogP contribution in [0.15, 0.2) is 62.5 Å². The third kappa shape index (κ3) is 6.21. The maximum atomic E-state index is 12.8. The molecule has 1 aromatic carbocycles. The summed E-state index contributed by atoms with van der Waals surface area (Å²) in [6.07, 6.45) is -3.21. The molecule has 30 heavy (non-hydrogen) atoms. The Bertz CT molecular complexity index is 1090. The lowest BCUT2D eigenvalue weighted by Gasteiger charge is -2.07. The summed E-state index contributed by atoms with van der Waals surface area (Å²) < 4.78 is 72.3. The Morgan fingerprint density at radius 1 is 1.27 bits per heavy atom. The van der Waals surface area contributed by atoms with E-state index in [-0.39, 0.29) is 28.7 Å². The molecule has 2 aromatic rings. The van der Waals surface area contributed by atoms with Crippen molar-refractivity contribution in [3.8, 4) is 11.3 Å². The molecule has 1 heterocycles. The van der Waals surface area contributed by atoms with Gasteiger partial charge in [0.05, 0.1) is 11.5 Å². The third-order valence-corrected chi connectivity index (χ3v) is 4.82. The molecule has 1 aromatic heterocycles. The van der Waals surface area contributed by atoms with E-state index in [1.54, 1.807) is 13.0 Å². The first-order valence-corrected chi connectivity index (χ1v) is 10.5. The minimum absolute atomic E-state index is 0.0513. The number of aliphatic imine (C=N–C) groups is 1. The Hall–Kier alpha value is -3.08. The topological polar surface area (TPSA) is 112 Å². The number of hydrogen-bond donors (Lipinski definition) is 1. The van der Waals surface area contributed by atoms with Gasteiger partial charge in [0.25, 0.3) is 0 Å². The maximum absolute atomic E-state index is 12.8. The SMILES string of the molecule is CCOC(=O)CN=C(/C=C(\N)C(F)(F)F)c1ccc(-c2cccc(S(C)(=O)=O)c2)o1. The van der Waals surface area contributed by atoms with Crippen LogP contribution in [0.4, 0.5) is 13.2 Å². The van der Waals surface area contributed by atoms with Gasteiger partial charge in [0, 0.05) is 11.8 Å². The van der Waals surface area contributed by atoms with Gasteiger partial charge in [-0.3, -0.25) is 9.79 Å². The van der Waals surface area contributed by atoms with Crippen molar-refractivity contribution in [2.75, 3.05) is 19.4 Å². The van der Waals surface area contributed by atoms with Crippen LogP contribution in [0.25, 0.3) is 11.3 Å². The van der Waals surface area contributed by atoms with Gasteiger partial charge in [0.2, 0.25) is 0 Å². The number of alkyl halides is 3. The highest BCUT2D eigenvalue weighted by Gasteiger charge is 2.32. The largest absolute Gasteiger partial charge is 0.465 e.